The SMILES string of the molecule is CCC1CCCN(C(C)(C)CNC(=O)Cc2ccc3[nH]ncc3c2)C1. The summed E-state index contributed by atoms with van der Waals surface area (Å²) in [5, 5.41) is 11.1. The summed E-state index contributed by atoms with van der Waals surface area (Å²) in [6.45, 7) is 9.73. The van der Waals surface area contributed by atoms with E-state index in [0.717, 1.165) is 35.5 Å². The molecule has 2 N–H and O–H groups in total. The third-order valence-electron chi connectivity index (χ3n) is 5.54. The number of aromatic nitrogens is 2. The maximum absolute atomic E-state index is 12.4. The van der Waals surface area contributed by atoms with E-state index < -0.39 is 0 Å². The van der Waals surface area contributed by atoms with E-state index in [0.29, 0.717) is 13.0 Å². The molecule has 1 aromatic heterocycles. The highest BCUT2D eigenvalue weighted by atomic mass is 16.1. The van der Waals surface area contributed by atoms with E-state index in [1.807, 2.05) is 18.2 Å². The van der Waals surface area contributed by atoms with Crippen LogP contribution < -0.4 is 5.32 Å². The quantitative estimate of drug-likeness (QED) is 0.848. The van der Waals surface area contributed by atoms with Crippen molar-refractivity contribution in [1.82, 2.24) is 20.4 Å². The molecule has 1 aliphatic heterocycles. The molecule has 1 aliphatic rings. The van der Waals surface area contributed by atoms with Gasteiger partial charge in [0.2, 0.25) is 5.91 Å². The van der Waals surface area contributed by atoms with Crippen LogP contribution in [0.25, 0.3) is 10.9 Å². The molecular weight excluding hydrogens is 312 g/mol. The predicted molar refractivity (Wildman–Crippen MR) is 101 cm³/mol. The Balaban J connectivity index is 1.53. The molecule has 0 aliphatic carbocycles. The van der Waals surface area contributed by atoms with E-state index in [9.17, 15) is 4.79 Å². The number of carbonyl (C=O) groups is 1. The number of carbonyl (C=O) groups excluding carboxylic acids is 1. The van der Waals surface area contributed by atoms with Gasteiger partial charge in [-0.1, -0.05) is 19.4 Å². The smallest absolute Gasteiger partial charge is 0.224 e. The second kappa shape index (κ2) is 7.56. The van der Waals surface area contributed by atoms with E-state index in [4.69, 9.17) is 0 Å². The van der Waals surface area contributed by atoms with Crippen LogP contribution in [-0.2, 0) is 11.2 Å². The first-order valence-corrected chi connectivity index (χ1v) is 9.41. The number of benzene rings is 1. The minimum absolute atomic E-state index is 0.00197. The Morgan fingerprint density at radius 1 is 1.44 bits per heavy atom. The van der Waals surface area contributed by atoms with Crippen molar-refractivity contribution in [2.45, 2.75) is 52.0 Å². The predicted octanol–water partition coefficient (Wildman–Crippen LogP) is 3.12. The Morgan fingerprint density at radius 3 is 3.08 bits per heavy atom. The number of hydrogen-bond acceptors (Lipinski definition) is 3. The van der Waals surface area contributed by atoms with Gasteiger partial charge in [-0.05, 0) is 56.8 Å². The van der Waals surface area contributed by atoms with Gasteiger partial charge in [-0.2, -0.15) is 5.10 Å². The van der Waals surface area contributed by atoms with Crippen LogP contribution in [0.4, 0.5) is 0 Å². The number of rotatable bonds is 6. The number of fused-ring (bicyclic) bond motifs is 1. The molecule has 25 heavy (non-hydrogen) atoms. The van der Waals surface area contributed by atoms with Gasteiger partial charge in [0, 0.05) is 24.0 Å². The maximum atomic E-state index is 12.4. The van der Waals surface area contributed by atoms with Crippen LogP contribution in [0, 0.1) is 5.92 Å². The fourth-order valence-corrected chi connectivity index (χ4v) is 3.72. The molecule has 5 nitrogen and oxygen atoms in total. The molecule has 2 heterocycles. The van der Waals surface area contributed by atoms with Crippen LogP contribution in [0.15, 0.2) is 24.4 Å². The summed E-state index contributed by atoms with van der Waals surface area (Å²) in [7, 11) is 0. The topological polar surface area (TPSA) is 61.0 Å². The Morgan fingerprint density at radius 2 is 2.28 bits per heavy atom. The third-order valence-corrected chi connectivity index (χ3v) is 5.54. The number of nitrogens with zero attached hydrogens (tertiary/aromatic N) is 2. The summed E-state index contributed by atoms with van der Waals surface area (Å²) in [5.41, 5.74) is 2.02. The number of aromatic amines is 1. The van der Waals surface area contributed by atoms with E-state index in [1.165, 1.54) is 19.3 Å². The molecule has 1 saturated heterocycles. The largest absolute Gasteiger partial charge is 0.354 e. The number of H-pyrrole nitrogens is 1. The molecule has 2 aromatic rings. The van der Waals surface area contributed by atoms with Gasteiger partial charge in [-0.15, -0.1) is 0 Å². The highest BCUT2D eigenvalue weighted by Crippen LogP contribution is 2.25. The number of nitrogens with one attached hydrogen (secondary N) is 2. The van der Waals surface area contributed by atoms with Crippen LogP contribution in [0.1, 0.15) is 45.6 Å². The molecule has 5 heteroatoms. The Hall–Kier alpha value is -1.88. The average Bonchev–Trinajstić information content (AvgIpc) is 3.08. The van der Waals surface area contributed by atoms with Crippen molar-refractivity contribution in [2.75, 3.05) is 19.6 Å². The molecule has 0 radical (unpaired) electrons. The lowest BCUT2D eigenvalue weighted by Crippen LogP contribution is -2.55. The molecule has 1 unspecified atom stereocenters. The molecule has 0 spiro atoms. The summed E-state index contributed by atoms with van der Waals surface area (Å²) in [5.74, 6) is 0.880. The summed E-state index contributed by atoms with van der Waals surface area (Å²) < 4.78 is 0. The summed E-state index contributed by atoms with van der Waals surface area (Å²) in [6.07, 6.45) is 6.05. The summed E-state index contributed by atoms with van der Waals surface area (Å²) in [6, 6.07) is 6.00. The molecule has 1 atom stereocenters. The molecule has 1 aromatic carbocycles. The second-order valence-corrected chi connectivity index (χ2v) is 7.92. The Labute approximate surface area is 150 Å². The molecule has 1 fully saturated rings. The van der Waals surface area contributed by atoms with Crippen LogP contribution in [0.5, 0.6) is 0 Å². The first-order valence-electron chi connectivity index (χ1n) is 9.41. The van der Waals surface area contributed by atoms with Crippen molar-refractivity contribution in [3.8, 4) is 0 Å². The van der Waals surface area contributed by atoms with Crippen LogP contribution in [0.2, 0.25) is 0 Å². The van der Waals surface area contributed by atoms with Crippen molar-refractivity contribution < 1.29 is 4.79 Å². The lowest BCUT2D eigenvalue weighted by molar-refractivity contribution is -0.121. The normalized spacial score (nSPS) is 19.2. The molecule has 0 saturated carbocycles. The van der Waals surface area contributed by atoms with E-state index in [2.05, 4.69) is 41.2 Å². The van der Waals surface area contributed by atoms with Crippen LogP contribution in [-0.4, -0.2) is 46.2 Å². The third kappa shape index (κ3) is 4.40. The minimum Gasteiger partial charge on any atom is -0.354 e. The zero-order valence-corrected chi connectivity index (χ0v) is 15.6. The summed E-state index contributed by atoms with van der Waals surface area (Å²) >= 11 is 0. The lowest BCUT2D eigenvalue weighted by Gasteiger charge is -2.43. The van der Waals surface area contributed by atoms with Gasteiger partial charge in [0.05, 0.1) is 18.1 Å². The van der Waals surface area contributed by atoms with Gasteiger partial charge in [-0.25, -0.2) is 0 Å². The molecule has 1 amide bonds. The highest BCUT2D eigenvalue weighted by Gasteiger charge is 2.31. The number of hydrogen-bond donors (Lipinski definition) is 2. The van der Waals surface area contributed by atoms with Crippen LogP contribution in [0.3, 0.4) is 0 Å². The Bertz CT molecular complexity index is 721. The van der Waals surface area contributed by atoms with E-state index in [-0.39, 0.29) is 11.4 Å². The summed E-state index contributed by atoms with van der Waals surface area (Å²) in [4.78, 5) is 14.9. The van der Waals surface area contributed by atoms with Gasteiger partial charge >= 0.3 is 0 Å². The van der Waals surface area contributed by atoms with Crippen LogP contribution >= 0.6 is 0 Å². The maximum Gasteiger partial charge on any atom is 0.224 e. The Kier molecular flexibility index (Phi) is 5.42. The van der Waals surface area contributed by atoms with Gasteiger partial charge in [0.1, 0.15) is 0 Å². The van der Waals surface area contributed by atoms with Gasteiger partial charge < -0.3 is 5.32 Å². The van der Waals surface area contributed by atoms with Gasteiger partial charge in [0.15, 0.2) is 0 Å². The zero-order chi connectivity index (χ0) is 17.9. The van der Waals surface area contributed by atoms with E-state index in [1.54, 1.807) is 6.20 Å². The highest BCUT2D eigenvalue weighted by molar-refractivity contribution is 5.82. The number of piperidine rings is 1. The first-order chi connectivity index (χ1) is 12.0. The zero-order valence-electron chi connectivity index (χ0n) is 15.6. The first kappa shape index (κ1) is 17.9. The fraction of sp³-hybridized carbons (Fsp3) is 0.600. The van der Waals surface area contributed by atoms with Crippen molar-refractivity contribution in [3.63, 3.8) is 0 Å². The average molecular weight is 342 g/mol. The number of likely N-dealkylation sites (tertiary alicyclic amines) is 1. The van der Waals surface area contributed by atoms with Crippen molar-refractivity contribution in [3.05, 3.63) is 30.0 Å². The second-order valence-electron chi connectivity index (χ2n) is 7.92. The van der Waals surface area contributed by atoms with E-state index >= 15 is 0 Å². The minimum atomic E-state index is -0.00197. The molecule has 0 bridgehead atoms. The molecule has 3 rings (SSSR count). The molecule has 136 valence electrons. The number of amides is 1. The monoisotopic (exact) mass is 342 g/mol. The van der Waals surface area contributed by atoms with Crippen molar-refractivity contribution >= 4 is 16.8 Å². The van der Waals surface area contributed by atoms with Crippen molar-refractivity contribution in [2.24, 2.45) is 5.92 Å². The van der Waals surface area contributed by atoms with Gasteiger partial charge in [0.25, 0.3) is 0 Å². The van der Waals surface area contributed by atoms with Gasteiger partial charge in [-0.3, -0.25) is 14.8 Å². The molecular formula is C20H30N4O. The lowest BCUT2D eigenvalue weighted by atomic mass is 9.91. The fourth-order valence-electron chi connectivity index (χ4n) is 3.72. The van der Waals surface area contributed by atoms with Crippen molar-refractivity contribution in [1.29, 1.82) is 0 Å². The standard InChI is InChI=1S/C20H30N4O/c1-4-15-6-5-9-24(13-15)20(2,3)14-21-19(25)11-16-7-8-18-17(10-16)12-22-23-18/h7-8,10,12,15H,4-6,9,11,13-14H2,1-3H3,(H,21,25)(H,22,23).